The highest BCUT2D eigenvalue weighted by Crippen LogP contribution is 2.65. The highest BCUT2D eigenvalue weighted by Gasteiger charge is 2.52. The van der Waals surface area contributed by atoms with Crippen molar-refractivity contribution in [2.24, 2.45) is 0 Å². The van der Waals surface area contributed by atoms with E-state index in [2.05, 4.69) is 254 Å². The Morgan fingerprint density at radius 2 is 0.667 bits per heavy atom. The van der Waals surface area contributed by atoms with E-state index in [4.69, 9.17) is 0 Å². The van der Waals surface area contributed by atoms with E-state index < -0.39 is 10.8 Å². The van der Waals surface area contributed by atoms with Gasteiger partial charge in [0.05, 0.1) is 22.2 Å². The van der Waals surface area contributed by atoms with Crippen LogP contribution >= 0.6 is 0 Å². The Morgan fingerprint density at radius 3 is 1.27 bits per heavy atom. The zero-order chi connectivity index (χ0) is 41.5. The van der Waals surface area contributed by atoms with Gasteiger partial charge in [0.2, 0.25) is 0 Å². The second kappa shape index (κ2) is 13.8. The SMILES string of the molecule is c1ccc(-c2ccccc2N(c2ccc3c(c2)-c2ccccc2C3(c2ccccc2)c2ccccc2)c2cccc3c2-c2ccccc2C32c3ccccc3-c3ccccc32)cc1. The minimum absolute atomic E-state index is 0.457. The molecule has 0 heterocycles. The van der Waals surface area contributed by atoms with Gasteiger partial charge >= 0.3 is 0 Å². The maximum absolute atomic E-state index is 2.55. The van der Waals surface area contributed by atoms with Crippen molar-refractivity contribution in [2.45, 2.75) is 10.8 Å². The third kappa shape index (κ3) is 4.82. The lowest BCUT2D eigenvalue weighted by atomic mass is 9.68. The highest BCUT2D eigenvalue weighted by atomic mass is 15.1. The van der Waals surface area contributed by atoms with Crippen molar-refractivity contribution in [1.82, 2.24) is 0 Å². The zero-order valence-electron chi connectivity index (χ0n) is 34.6. The fourth-order valence-electron chi connectivity index (χ4n) is 11.8. The maximum atomic E-state index is 2.55. The monoisotopic (exact) mass is 799 g/mol. The number of nitrogens with zero attached hydrogens (tertiary/aromatic N) is 1. The molecule has 1 spiro atoms. The third-order valence-corrected chi connectivity index (χ3v) is 14.2. The van der Waals surface area contributed by atoms with Gasteiger partial charge in [0.25, 0.3) is 0 Å². The number of hydrogen-bond donors (Lipinski definition) is 0. The largest absolute Gasteiger partial charge is 0.309 e. The van der Waals surface area contributed by atoms with E-state index in [1.54, 1.807) is 0 Å². The summed E-state index contributed by atoms with van der Waals surface area (Å²) in [6, 6.07) is 92.6. The van der Waals surface area contributed by atoms with Gasteiger partial charge < -0.3 is 4.90 Å². The molecule has 10 aromatic rings. The molecular formula is C62H41N. The van der Waals surface area contributed by atoms with E-state index >= 15 is 0 Å². The lowest BCUT2D eigenvalue weighted by Crippen LogP contribution is -2.28. The first-order valence-corrected chi connectivity index (χ1v) is 22.0. The minimum atomic E-state index is -0.484. The average molecular weight is 800 g/mol. The van der Waals surface area contributed by atoms with Crippen molar-refractivity contribution in [3.63, 3.8) is 0 Å². The van der Waals surface area contributed by atoms with Crippen LogP contribution in [0.5, 0.6) is 0 Å². The summed E-state index contributed by atoms with van der Waals surface area (Å²) in [5, 5.41) is 0. The second-order valence-corrected chi connectivity index (χ2v) is 17.1. The lowest BCUT2D eigenvalue weighted by Gasteiger charge is -2.34. The summed E-state index contributed by atoms with van der Waals surface area (Å²) >= 11 is 0. The molecule has 0 fully saturated rings. The van der Waals surface area contributed by atoms with Gasteiger partial charge in [-0.3, -0.25) is 0 Å². The first kappa shape index (κ1) is 35.7. The van der Waals surface area contributed by atoms with Crippen LogP contribution in [0.15, 0.2) is 249 Å². The van der Waals surface area contributed by atoms with Gasteiger partial charge in [-0.25, -0.2) is 0 Å². The van der Waals surface area contributed by atoms with Crippen LogP contribution in [0.2, 0.25) is 0 Å². The van der Waals surface area contributed by atoms with Crippen molar-refractivity contribution < 1.29 is 0 Å². The number of anilines is 3. The van der Waals surface area contributed by atoms with E-state index in [9.17, 15) is 0 Å². The van der Waals surface area contributed by atoms with Crippen LogP contribution in [0.4, 0.5) is 17.1 Å². The van der Waals surface area contributed by atoms with Crippen LogP contribution in [0.3, 0.4) is 0 Å². The van der Waals surface area contributed by atoms with Crippen LogP contribution in [-0.2, 0) is 10.8 Å². The highest BCUT2D eigenvalue weighted by molar-refractivity contribution is 6.03. The molecule has 0 radical (unpaired) electrons. The van der Waals surface area contributed by atoms with Gasteiger partial charge in [-0.1, -0.05) is 224 Å². The van der Waals surface area contributed by atoms with Gasteiger partial charge in [0.15, 0.2) is 0 Å². The van der Waals surface area contributed by atoms with Gasteiger partial charge in [-0.15, -0.1) is 0 Å². The van der Waals surface area contributed by atoms with Crippen molar-refractivity contribution in [1.29, 1.82) is 0 Å². The van der Waals surface area contributed by atoms with Crippen molar-refractivity contribution in [2.75, 3.05) is 4.90 Å². The molecule has 0 aromatic heterocycles. The Hall–Kier alpha value is -8.00. The summed E-state index contributed by atoms with van der Waals surface area (Å²) in [6.45, 7) is 0. The van der Waals surface area contributed by atoms with Crippen LogP contribution in [0.25, 0.3) is 44.5 Å². The maximum Gasteiger partial charge on any atom is 0.0726 e. The molecule has 0 N–H and O–H groups in total. The first-order valence-electron chi connectivity index (χ1n) is 22.0. The molecule has 3 aliphatic rings. The molecule has 3 aliphatic carbocycles. The summed E-state index contributed by atoms with van der Waals surface area (Å²) < 4.78 is 0. The molecule has 10 aromatic carbocycles. The Labute approximate surface area is 368 Å². The first-order chi connectivity index (χ1) is 31.3. The molecule has 1 nitrogen and oxygen atoms in total. The van der Waals surface area contributed by atoms with Crippen molar-refractivity contribution >= 4 is 17.1 Å². The number of fused-ring (bicyclic) bond motifs is 13. The molecule has 0 saturated carbocycles. The van der Waals surface area contributed by atoms with Gasteiger partial charge in [-0.05, 0) is 102 Å². The van der Waals surface area contributed by atoms with E-state index in [0.29, 0.717) is 0 Å². The third-order valence-electron chi connectivity index (χ3n) is 14.2. The molecule has 1 heteroatoms. The minimum Gasteiger partial charge on any atom is -0.309 e. The molecule has 13 rings (SSSR count). The molecule has 294 valence electrons. The predicted molar refractivity (Wildman–Crippen MR) is 260 cm³/mol. The summed E-state index contributed by atoms with van der Waals surface area (Å²) in [5.74, 6) is 0. The fraction of sp³-hybridized carbons (Fsp3) is 0.0323. The topological polar surface area (TPSA) is 3.24 Å². The molecule has 0 atom stereocenters. The van der Waals surface area contributed by atoms with Crippen LogP contribution in [0, 0.1) is 0 Å². The number of rotatable bonds is 6. The van der Waals surface area contributed by atoms with Crippen LogP contribution in [0.1, 0.15) is 44.5 Å². The molecule has 0 unspecified atom stereocenters. The molecule has 0 bridgehead atoms. The second-order valence-electron chi connectivity index (χ2n) is 17.1. The smallest absolute Gasteiger partial charge is 0.0726 e. The Balaban J connectivity index is 1.12. The van der Waals surface area contributed by atoms with Crippen molar-refractivity contribution in [3.8, 4) is 44.5 Å². The van der Waals surface area contributed by atoms with Gasteiger partial charge in [-0.2, -0.15) is 0 Å². The van der Waals surface area contributed by atoms with E-state index in [0.717, 1.165) is 17.1 Å². The fourth-order valence-corrected chi connectivity index (χ4v) is 11.8. The Bertz CT molecular complexity index is 3320. The van der Waals surface area contributed by atoms with Crippen LogP contribution in [-0.4, -0.2) is 0 Å². The Kier molecular flexibility index (Phi) is 7.80. The standard InChI is InChI=1S/C62H41N/c1-4-21-42(22-5-1)46-27-14-19-37-58(46)63(45-39-40-56-51(41-45)49-30-12-15-32-52(49)61(56,43-23-6-2-7-24-43)44-25-8-3-9-26-44)59-38-20-36-57-60(59)50-31-13-18-35-55(50)62(57)53-33-16-10-28-47(53)48-29-11-17-34-54(48)62/h1-41H. The molecular weight excluding hydrogens is 759 g/mol. The summed E-state index contributed by atoms with van der Waals surface area (Å²) in [7, 11) is 0. The number of hydrogen-bond acceptors (Lipinski definition) is 1. The van der Waals surface area contributed by atoms with Gasteiger partial charge in [0, 0.05) is 16.8 Å². The Morgan fingerprint density at radius 1 is 0.254 bits per heavy atom. The average Bonchev–Trinajstić information content (AvgIpc) is 3.96. The van der Waals surface area contributed by atoms with E-state index in [1.807, 2.05) is 0 Å². The number of benzene rings is 10. The molecule has 0 amide bonds. The van der Waals surface area contributed by atoms with E-state index in [1.165, 1.54) is 89.0 Å². The predicted octanol–water partition coefficient (Wildman–Crippen LogP) is 15.5. The molecule has 0 aliphatic heterocycles. The molecule has 63 heavy (non-hydrogen) atoms. The zero-order valence-corrected chi connectivity index (χ0v) is 34.6. The lowest BCUT2D eigenvalue weighted by molar-refractivity contribution is 0.768. The van der Waals surface area contributed by atoms with Gasteiger partial charge in [0.1, 0.15) is 0 Å². The van der Waals surface area contributed by atoms with Crippen LogP contribution < -0.4 is 4.90 Å². The summed E-state index contributed by atoms with van der Waals surface area (Å²) in [5.41, 5.74) is 23.0. The number of para-hydroxylation sites is 1. The van der Waals surface area contributed by atoms with E-state index in [-0.39, 0.29) is 0 Å². The molecule has 0 saturated heterocycles. The summed E-state index contributed by atoms with van der Waals surface area (Å²) in [6.07, 6.45) is 0. The van der Waals surface area contributed by atoms with Crippen molar-refractivity contribution in [3.05, 3.63) is 293 Å². The quantitative estimate of drug-likeness (QED) is 0.162. The summed E-state index contributed by atoms with van der Waals surface area (Å²) in [4.78, 5) is 2.55. The normalized spacial score (nSPS) is 14.0.